The molecule has 0 rings (SSSR count). The van der Waals surface area contributed by atoms with Crippen molar-refractivity contribution < 1.29 is 26.6 Å². The van der Waals surface area contributed by atoms with Gasteiger partial charge in [-0.2, -0.15) is 0 Å². The Bertz CT molecular complexity index is 164. The van der Waals surface area contributed by atoms with Crippen molar-refractivity contribution in [2.75, 3.05) is 42.7 Å². The topological polar surface area (TPSA) is 55.4 Å². The number of hydrogen-bond acceptors (Lipinski definition) is 6. The normalized spacial score (nSPS) is 13.1. The molecule has 0 heterocycles. The van der Waals surface area contributed by atoms with Crippen LogP contribution in [0.2, 0.25) is 8.18 Å². The monoisotopic (exact) mass is 400 g/mol. The second kappa shape index (κ2) is 8.98. The van der Waals surface area contributed by atoms with Crippen LogP contribution in [0.25, 0.3) is 0 Å². The summed E-state index contributed by atoms with van der Waals surface area (Å²) in [5.74, 6) is 0. The molecular weight excluding hydrogens is 376 g/mol. The fourth-order valence-electron chi connectivity index (χ4n) is 1.15. The molecule has 6 nitrogen and oxygen atoms in total. The van der Waals surface area contributed by atoms with Crippen LogP contribution >= 0.6 is 0 Å². The van der Waals surface area contributed by atoms with Crippen LogP contribution in [0.1, 0.15) is 0 Å². The van der Waals surface area contributed by atoms with Crippen molar-refractivity contribution >= 4 is 38.5 Å². The molecular formula is C8H22O6Si2Te. The molecule has 0 aromatic rings. The molecule has 0 aliphatic heterocycles. The Labute approximate surface area is 116 Å². The third kappa shape index (κ3) is 5.24. The fourth-order valence-corrected chi connectivity index (χ4v) is 16.7. The fraction of sp³-hybridized carbons (Fsp3) is 1.00. The van der Waals surface area contributed by atoms with Crippen LogP contribution in [0.5, 0.6) is 0 Å². The van der Waals surface area contributed by atoms with Crippen LogP contribution in [0.4, 0.5) is 0 Å². The van der Waals surface area contributed by atoms with Crippen LogP contribution in [0.15, 0.2) is 0 Å². The third-order valence-corrected chi connectivity index (χ3v) is 16.8. The molecule has 0 fully saturated rings. The van der Waals surface area contributed by atoms with Crippen molar-refractivity contribution in [3.8, 4) is 0 Å². The zero-order valence-corrected chi connectivity index (χ0v) is 15.6. The standard InChI is InChI=1S/C8H22O6Si2Te/c1-9-15(10-2,11-3)7-17-8-16(12-4,13-5)14-6/h7-8H2,1-6H3. The zero-order valence-electron chi connectivity index (χ0n) is 11.3. The molecule has 0 bridgehead atoms. The average molecular weight is 398 g/mol. The predicted molar refractivity (Wildman–Crippen MR) is 68.9 cm³/mol. The van der Waals surface area contributed by atoms with Gasteiger partial charge in [-0.05, 0) is 0 Å². The molecule has 9 heteroatoms. The molecule has 0 amide bonds. The maximum atomic E-state index is 5.37. The van der Waals surface area contributed by atoms with Gasteiger partial charge < -0.3 is 0 Å². The van der Waals surface area contributed by atoms with Gasteiger partial charge in [0.15, 0.2) is 0 Å². The quantitative estimate of drug-likeness (QED) is 0.496. The SMILES string of the molecule is CO[Si](C[Te]C[Si](OC)(OC)OC)(OC)OC. The summed E-state index contributed by atoms with van der Waals surface area (Å²) in [6, 6.07) is 0. The predicted octanol–water partition coefficient (Wildman–Crippen LogP) is 0.362. The van der Waals surface area contributed by atoms with Crippen molar-refractivity contribution in [1.29, 1.82) is 0 Å². The summed E-state index contributed by atoms with van der Waals surface area (Å²) >= 11 is -0.406. The third-order valence-electron chi connectivity index (χ3n) is 2.42. The Morgan fingerprint density at radius 2 is 0.824 bits per heavy atom. The van der Waals surface area contributed by atoms with E-state index in [-0.39, 0.29) is 0 Å². The first-order valence-electron chi connectivity index (χ1n) is 4.96. The minimum atomic E-state index is -2.44. The van der Waals surface area contributed by atoms with Gasteiger partial charge >= 0.3 is 116 Å². The van der Waals surface area contributed by atoms with Gasteiger partial charge in [0.1, 0.15) is 0 Å². The van der Waals surface area contributed by atoms with Crippen LogP contribution < -0.4 is 0 Å². The van der Waals surface area contributed by atoms with E-state index in [1.165, 1.54) is 0 Å². The first-order chi connectivity index (χ1) is 8.07. The van der Waals surface area contributed by atoms with Crippen LogP contribution in [-0.2, 0) is 26.6 Å². The van der Waals surface area contributed by atoms with E-state index in [1.54, 1.807) is 42.7 Å². The number of hydrogen-bond donors (Lipinski definition) is 0. The van der Waals surface area contributed by atoms with Gasteiger partial charge in [-0.15, -0.1) is 0 Å². The Kier molecular flexibility index (Phi) is 9.50. The van der Waals surface area contributed by atoms with Crippen molar-refractivity contribution in [1.82, 2.24) is 0 Å². The van der Waals surface area contributed by atoms with Crippen molar-refractivity contribution in [3.05, 3.63) is 0 Å². The van der Waals surface area contributed by atoms with E-state index in [4.69, 9.17) is 26.6 Å². The molecule has 0 saturated carbocycles. The Morgan fingerprint density at radius 1 is 0.588 bits per heavy atom. The maximum absolute atomic E-state index is 5.37. The molecule has 0 aliphatic carbocycles. The molecule has 0 unspecified atom stereocenters. The van der Waals surface area contributed by atoms with E-state index in [1.807, 2.05) is 0 Å². The van der Waals surface area contributed by atoms with Crippen LogP contribution in [0.3, 0.4) is 0 Å². The van der Waals surface area contributed by atoms with Gasteiger partial charge in [-0.25, -0.2) is 0 Å². The molecule has 17 heavy (non-hydrogen) atoms. The van der Waals surface area contributed by atoms with E-state index in [0.717, 1.165) is 8.18 Å². The summed E-state index contributed by atoms with van der Waals surface area (Å²) in [6.07, 6.45) is 0. The second-order valence-electron chi connectivity index (χ2n) is 3.08. The summed E-state index contributed by atoms with van der Waals surface area (Å²) in [6.45, 7) is 0. The van der Waals surface area contributed by atoms with Gasteiger partial charge in [0.25, 0.3) is 0 Å². The summed E-state index contributed by atoms with van der Waals surface area (Å²) in [5, 5.41) is 0. The minimum absolute atomic E-state index is 0.406. The van der Waals surface area contributed by atoms with Crippen LogP contribution in [-0.4, -0.2) is 81.2 Å². The van der Waals surface area contributed by atoms with E-state index in [0.29, 0.717) is 0 Å². The first kappa shape index (κ1) is 18.0. The van der Waals surface area contributed by atoms with Crippen molar-refractivity contribution in [3.63, 3.8) is 0 Å². The number of rotatable bonds is 10. The van der Waals surface area contributed by atoms with Gasteiger partial charge in [-0.1, -0.05) is 0 Å². The van der Waals surface area contributed by atoms with Gasteiger partial charge in [0.05, 0.1) is 0 Å². The summed E-state index contributed by atoms with van der Waals surface area (Å²) in [4.78, 5) is 0. The molecule has 0 spiro atoms. The van der Waals surface area contributed by atoms with Crippen molar-refractivity contribution in [2.24, 2.45) is 0 Å². The second-order valence-corrected chi connectivity index (χ2v) is 15.0. The Balaban J connectivity index is 4.28. The van der Waals surface area contributed by atoms with Crippen LogP contribution in [0, 0.1) is 0 Å². The summed E-state index contributed by atoms with van der Waals surface area (Å²) in [7, 11) is 4.86. The molecule has 0 aromatic carbocycles. The van der Waals surface area contributed by atoms with Gasteiger partial charge in [0.2, 0.25) is 0 Å². The first-order valence-corrected chi connectivity index (χ1v) is 12.1. The van der Waals surface area contributed by atoms with Gasteiger partial charge in [-0.3, -0.25) is 0 Å². The summed E-state index contributed by atoms with van der Waals surface area (Å²) < 4.78 is 33.9. The van der Waals surface area contributed by atoms with E-state index in [9.17, 15) is 0 Å². The molecule has 0 aliphatic rings. The van der Waals surface area contributed by atoms with Crippen molar-refractivity contribution in [2.45, 2.75) is 8.18 Å². The zero-order chi connectivity index (χ0) is 13.4. The average Bonchev–Trinajstić information content (AvgIpc) is 2.41. The van der Waals surface area contributed by atoms with Gasteiger partial charge in [0, 0.05) is 0 Å². The van der Waals surface area contributed by atoms with E-state index >= 15 is 0 Å². The molecule has 0 saturated heterocycles. The Hall–Kier alpha value is 0.983. The van der Waals surface area contributed by atoms with E-state index < -0.39 is 38.5 Å². The molecule has 0 N–H and O–H groups in total. The molecule has 0 radical (unpaired) electrons. The Morgan fingerprint density at radius 3 is 1.00 bits per heavy atom. The molecule has 104 valence electrons. The summed E-state index contributed by atoms with van der Waals surface area (Å²) in [5.41, 5.74) is 0. The molecule has 0 atom stereocenters. The van der Waals surface area contributed by atoms with E-state index in [2.05, 4.69) is 0 Å². The molecule has 0 aromatic heterocycles.